The summed E-state index contributed by atoms with van der Waals surface area (Å²) in [6, 6.07) is 4.97. The first-order valence-corrected chi connectivity index (χ1v) is 7.19. The number of hydrogen-bond acceptors (Lipinski definition) is 4. The number of aromatic nitrogens is 1. The second kappa shape index (κ2) is 3.74. The molecule has 0 radical (unpaired) electrons. The molecule has 0 unspecified atom stereocenters. The lowest BCUT2D eigenvalue weighted by Gasteiger charge is -1.99. The average Bonchev–Trinajstić information content (AvgIpc) is 2.42. The monoisotopic (exact) mass is 305 g/mol. The summed E-state index contributed by atoms with van der Waals surface area (Å²) in [7, 11) is -3.29. The quantitative estimate of drug-likeness (QED) is 0.840. The van der Waals surface area contributed by atoms with E-state index in [4.69, 9.17) is 4.42 Å². The second-order valence-corrected chi connectivity index (χ2v) is 6.49. The van der Waals surface area contributed by atoms with Gasteiger partial charge in [-0.15, -0.1) is 0 Å². The Morgan fingerprint density at radius 3 is 2.75 bits per heavy atom. The Morgan fingerprint density at radius 1 is 1.44 bits per heavy atom. The van der Waals surface area contributed by atoms with Crippen molar-refractivity contribution in [2.45, 2.75) is 5.88 Å². The van der Waals surface area contributed by atoms with E-state index in [0.717, 1.165) is 15.3 Å². The molecule has 0 aliphatic rings. The molecule has 0 saturated heterocycles. The molecule has 7 heteroatoms. The molecule has 2 aromatic rings. The van der Waals surface area contributed by atoms with Gasteiger partial charge in [0.25, 0.3) is 0 Å². The van der Waals surface area contributed by atoms with Gasteiger partial charge in [0.1, 0.15) is 5.88 Å². The molecule has 16 heavy (non-hydrogen) atoms. The number of sulfone groups is 1. The maximum atomic E-state index is 11.4. The Morgan fingerprint density at radius 2 is 2.12 bits per heavy atom. The fourth-order valence-electron chi connectivity index (χ4n) is 1.39. The molecular formula is C9H8BrNO4S. The molecule has 2 rings (SSSR count). The number of hydrogen-bond donors (Lipinski definition) is 0. The lowest BCUT2D eigenvalue weighted by molar-refractivity contribution is 0.518. The molecule has 0 spiro atoms. The highest BCUT2D eigenvalue weighted by molar-refractivity contribution is 9.10. The summed E-state index contributed by atoms with van der Waals surface area (Å²) in [5, 5.41) is 0. The first-order chi connectivity index (χ1) is 7.37. The predicted molar refractivity (Wildman–Crippen MR) is 63.0 cm³/mol. The van der Waals surface area contributed by atoms with Crippen molar-refractivity contribution in [3.8, 4) is 0 Å². The van der Waals surface area contributed by atoms with Crippen LogP contribution in [-0.4, -0.2) is 19.2 Å². The van der Waals surface area contributed by atoms with E-state index in [2.05, 4.69) is 15.9 Å². The lowest BCUT2D eigenvalue weighted by Crippen LogP contribution is -2.19. The zero-order valence-electron chi connectivity index (χ0n) is 8.31. The fourth-order valence-corrected chi connectivity index (χ4v) is 2.45. The summed E-state index contributed by atoms with van der Waals surface area (Å²) in [5.74, 6) is -1.05. The number of nitrogens with zero attached hydrogens (tertiary/aromatic N) is 1. The molecular weight excluding hydrogens is 298 g/mol. The molecule has 0 saturated carbocycles. The largest absolute Gasteiger partial charge is 0.420 e. The van der Waals surface area contributed by atoms with E-state index in [9.17, 15) is 13.2 Å². The second-order valence-electron chi connectivity index (χ2n) is 3.46. The normalized spacial score (nSPS) is 12.1. The van der Waals surface area contributed by atoms with E-state index >= 15 is 0 Å². The van der Waals surface area contributed by atoms with E-state index in [1.54, 1.807) is 18.2 Å². The van der Waals surface area contributed by atoms with Crippen molar-refractivity contribution in [1.29, 1.82) is 0 Å². The van der Waals surface area contributed by atoms with E-state index < -0.39 is 15.6 Å². The maximum Gasteiger partial charge on any atom is 0.420 e. The van der Waals surface area contributed by atoms with Crippen LogP contribution < -0.4 is 5.76 Å². The number of oxazole rings is 1. The summed E-state index contributed by atoms with van der Waals surface area (Å²) >= 11 is 3.25. The predicted octanol–water partition coefficient (Wildman–Crippen LogP) is 1.36. The topological polar surface area (TPSA) is 69.3 Å². The van der Waals surface area contributed by atoms with Crippen molar-refractivity contribution in [2.75, 3.05) is 6.26 Å². The highest BCUT2D eigenvalue weighted by atomic mass is 79.9. The van der Waals surface area contributed by atoms with Crippen molar-refractivity contribution in [3.05, 3.63) is 33.2 Å². The van der Waals surface area contributed by atoms with Crippen molar-refractivity contribution in [1.82, 2.24) is 4.57 Å². The zero-order chi connectivity index (χ0) is 11.9. The molecule has 0 bridgehead atoms. The van der Waals surface area contributed by atoms with Crippen LogP contribution in [0.25, 0.3) is 11.1 Å². The van der Waals surface area contributed by atoms with E-state index in [1.807, 2.05) is 0 Å². The standard InChI is InChI=1S/C9H8BrNO4S/c1-16(13,14)5-11-7-4-6(10)2-3-8(7)15-9(11)12/h2-4H,5H2,1H3. The van der Waals surface area contributed by atoms with Crippen molar-refractivity contribution < 1.29 is 12.8 Å². The molecule has 0 aliphatic heterocycles. The van der Waals surface area contributed by atoms with Gasteiger partial charge in [-0.05, 0) is 18.2 Å². The average molecular weight is 306 g/mol. The van der Waals surface area contributed by atoms with Gasteiger partial charge in [0.05, 0.1) is 5.52 Å². The van der Waals surface area contributed by atoms with Gasteiger partial charge in [0.15, 0.2) is 15.4 Å². The summed E-state index contributed by atoms with van der Waals surface area (Å²) in [4.78, 5) is 11.4. The molecule has 1 aromatic carbocycles. The van der Waals surface area contributed by atoms with Crippen LogP contribution in [0.4, 0.5) is 0 Å². The Hall–Kier alpha value is -1.08. The molecule has 0 atom stereocenters. The maximum absolute atomic E-state index is 11.4. The van der Waals surface area contributed by atoms with Gasteiger partial charge in [-0.25, -0.2) is 13.2 Å². The minimum atomic E-state index is -3.29. The molecule has 5 nitrogen and oxygen atoms in total. The number of halogens is 1. The molecule has 0 fully saturated rings. The van der Waals surface area contributed by atoms with Gasteiger partial charge >= 0.3 is 5.76 Å². The van der Waals surface area contributed by atoms with Crippen molar-refractivity contribution in [2.24, 2.45) is 0 Å². The molecule has 0 N–H and O–H groups in total. The third-order valence-corrected chi connectivity index (χ3v) is 3.21. The smallest absolute Gasteiger partial charge is 0.408 e. The fraction of sp³-hybridized carbons (Fsp3) is 0.222. The molecule has 0 aliphatic carbocycles. The number of benzene rings is 1. The minimum Gasteiger partial charge on any atom is -0.408 e. The van der Waals surface area contributed by atoms with Crippen LogP contribution in [0.1, 0.15) is 0 Å². The zero-order valence-corrected chi connectivity index (χ0v) is 10.7. The summed E-state index contributed by atoms with van der Waals surface area (Å²) in [6.07, 6.45) is 1.07. The molecule has 0 amide bonds. The van der Waals surface area contributed by atoms with Crippen molar-refractivity contribution >= 4 is 36.9 Å². The number of rotatable bonds is 2. The van der Waals surface area contributed by atoms with Gasteiger partial charge in [0.2, 0.25) is 0 Å². The summed E-state index contributed by atoms with van der Waals surface area (Å²) in [5.41, 5.74) is 0.835. The van der Waals surface area contributed by atoms with E-state index in [-0.39, 0.29) is 5.88 Å². The lowest BCUT2D eigenvalue weighted by atomic mass is 10.3. The van der Waals surface area contributed by atoms with E-state index in [0.29, 0.717) is 11.1 Å². The van der Waals surface area contributed by atoms with Crippen LogP contribution in [0.5, 0.6) is 0 Å². The Kier molecular flexibility index (Phi) is 2.67. The van der Waals surface area contributed by atoms with Gasteiger partial charge in [-0.1, -0.05) is 15.9 Å². The third-order valence-electron chi connectivity index (χ3n) is 1.99. The van der Waals surface area contributed by atoms with Crippen LogP contribution in [-0.2, 0) is 15.7 Å². The first-order valence-electron chi connectivity index (χ1n) is 4.33. The van der Waals surface area contributed by atoms with Crippen LogP contribution in [0.3, 0.4) is 0 Å². The summed E-state index contributed by atoms with van der Waals surface area (Å²) < 4.78 is 29.1. The van der Waals surface area contributed by atoms with Gasteiger partial charge < -0.3 is 4.42 Å². The van der Waals surface area contributed by atoms with Crippen LogP contribution >= 0.6 is 15.9 Å². The Balaban J connectivity index is 2.73. The van der Waals surface area contributed by atoms with Crippen LogP contribution in [0, 0.1) is 0 Å². The highest BCUT2D eigenvalue weighted by Crippen LogP contribution is 2.19. The molecule has 86 valence electrons. The first kappa shape index (κ1) is 11.4. The highest BCUT2D eigenvalue weighted by Gasteiger charge is 2.13. The van der Waals surface area contributed by atoms with Crippen LogP contribution in [0.15, 0.2) is 31.9 Å². The van der Waals surface area contributed by atoms with Gasteiger partial charge in [-0.2, -0.15) is 0 Å². The Labute approximate surface area is 99.7 Å². The van der Waals surface area contributed by atoms with E-state index in [1.165, 1.54) is 0 Å². The molecule has 1 aromatic heterocycles. The van der Waals surface area contributed by atoms with Crippen LogP contribution in [0.2, 0.25) is 0 Å². The van der Waals surface area contributed by atoms with Gasteiger partial charge in [-0.3, -0.25) is 4.57 Å². The molecule has 1 heterocycles. The number of fused-ring (bicyclic) bond motifs is 1. The third kappa shape index (κ3) is 2.19. The summed E-state index contributed by atoms with van der Waals surface area (Å²) in [6.45, 7) is 0. The van der Waals surface area contributed by atoms with Crippen molar-refractivity contribution in [3.63, 3.8) is 0 Å². The Bertz CT molecular complexity index is 698. The minimum absolute atomic E-state index is 0.372. The SMILES string of the molecule is CS(=O)(=O)Cn1c(=O)oc2ccc(Br)cc21. The van der Waals surface area contributed by atoms with Gasteiger partial charge in [0, 0.05) is 10.7 Å².